The molecule has 0 aliphatic carbocycles. The molecule has 0 heterocycles. The Hall–Kier alpha value is -2.34. The van der Waals surface area contributed by atoms with Gasteiger partial charge in [0.25, 0.3) is 0 Å². The zero-order valence-electron chi connectivity index (χ0n) is 12.3. The fraction of sp³-hybridized carbons (Fsp3) is 0.333. The molecular formula is C15H20N2O4. The maximum absolute atomic E-state index is 11.9. The number of nitrogens with one attached hydrogen (secondary N) is 1. The quantitative estimate of drug-likeness (QED) is 0.724. The molecule has 21 heavy (non-hydrogen) atoms. The molecule has 0 spiro atoms. The van der Waals surface area contributed by atoms with E-state index in [9.17, 15) is 14.7 Å². The molecule has 1 aromatic rings. The number of carboxylic acids is 1. The summed E-state index contributed by atoms with van der Waals surface area (Å²) in [6, 6.07) is 6.43. The Kier molecular flexibility index (Phi) is 5.49. The van der Waals surface area contributed by atoms with Crippen LogP contribution in [-0.2, 0) is 4.79 Å². The molecule has 0 radical (unpaired) electrons. The van der Waals surface area contributed by atoms with Crippen LogP contribution in [0.5, 0.6) is 0 Å². The SMILES string of the molecule is CN(CC(C)(C)O)C(=O)Nc1ccc(C=CC(=O)O)cc1. The van der Waals surface area contributed by atoms with Gasteiger partial charge in [0, 0.05) is 18.8 Å². The Morgan fingerprint density at radius 2 is 1.86 bits per heavy atom. The van der Waals surface area contributed by atoms with E-state index in [1.54, 1.807) is 45.2 Å². The minimum Gasteiger partial charge on any atom is -0.478 e. The van der Waals surface area contributed by atoms with Gasteiger partial charge in [-0.3, -0.25) is 0 Å². The third-order valence-electron chi connectivity index (χ3n) is 2.55. The highest BCUT2D eigenvalue weighted by Crippen LogP contribution is 2.12. The van der Waals surface area contributed by atoms with E-state index >= 15 is 0 Å². The molecule has 6 nitrogen and oxygen atoms in total. The zero-order chi connectivity index (χ0) is 16.0. The maximum Gasteiger partial charge on any atom is 0.328 e. The number of hydrogen-bond donors (Lipinski definition) is 3. The van der Waals surface area contributed by atoms with Crippen molar-refractivity contribution in [2.24, 2.45) is 0 Å². The third-order valence-corrected chi connectivity index (χ3v) is 2.55. The lowest BCUT2D eigenvalue weighted by Crippen LogP contribution is -2.41. The zero-order valence-corrected chi connectivity index (χ0v) is 12.3. The van der Waals surface area contributed by atoms with E-state index in [0.29, 0.717) is 5.69 Å². The van der Waals surface area contributed by atoms with Crippen molar-refractivity contribution < 1.29 is 19.8 Å². The predicted octanol–water partition coefficient (Wildman–Crippen LogP) is 2.02. The Bertz CT molecular complexity index is 530. The fourth-order valence-corrected chi connectivity index (χ4v) is 1.72. The van der Waals surface area contributed by atoms with Crippen molar-refractivity contribution in [3.8, 4) is 0 Å². The molecule has 0 fully saturated rings. The fourth-order valence-electron chi connectivity index (χ4n) is 1.72. The average Bonchev–Trinajstić information content (AvgIpc) is 2.35. The van der Waals surface area contributed by atoms with Gasteiger partial charge in [0.15, 0.2) is 0 Å². The lowest BCUT2D eigenvalue weighted by Gasteiger charge is -2.25. The van der Waals surface area contributed by atoms with E-state index in [-0.39, 0.29) is 12.6 Å². The first-order chi connectivity index (χ1) is 9.67. The van der Waals surface area contributed by atoms with E-state index in [2.05, 4.69) is 5.32 Å². The molecule has 6 heteroatoms. The second-order valence-electron chi connectivity index (χ2n) is 5.39. The Balaban J connectivity index is 2.63. The lowest BCUT2D eigenvalue weighted by atomic mass is 10.1. The predicted molar refractivity (Wildman–Crippen MR) is 81.1 cm³/mol. The first-order valence-electron chi connectivity index (χ1n) is 6.43. The van der Waals surface area contributed by atoms with E-state index < -0.39 is 11.6 Å². The number of rotatable bonds is 5. The van der Waals surface area contributed by atoms with Crippen molar-refractivity contribution >= 4 is 23.8 Å². The summed E-state index contributed by atoms with van der Waals surface area (Å²) in [5.74, 6) is -1.01. The summed E-state index contributed by atoms with van der Waals surface area (Å²) in [4.78, 5) is 23.7. The van der Waals surface area contributed by atoms with Crippen LogP contribution in [0.15, 0.2) is 30.3 Å². The van der Waals surface area contributed by atoms with Crippen LogP contribution >= 0.6 is 0 Å². The van der Waals surface area contributed by atoms with Gasteiger partial charge in [0.1, 0.15) is 0 Å². The van der Waals surface area contributed by atoms with Crippen molar-refractivity contribution in [1.82, 2.24) is 4.90 Å². The number of carbonyl (C=O) groups is 2. The van der Waals surface area contributed by atoms with Crippen LogP contribution in [0.4, 0.5) is 10.5 Å². The van der Waals surface area contributed by atoms with E-state index in [1.165, 1.54) is 11.0 Å². The molecule has 114 valence electrons. The minimum atomic E-state index is -1.01. The van der Waals surface area contributed by atoms with Gasteiger partial charge in [0.05, 0.1) is 12.1 Å². The summed E-state index contributed by atoms with van der Waals surface area (Å²) in [5, 5.41) is 20.9. The third kappa shape index (κ3) is 6.58. The normalized spacial score (nSPS) is 11.4. The van der Waals surface area contributed by atoms with E-state index in [0.717, 1.165) is 11.6 Å². The number of nitrogens with zero attached hydrogens (tertiary/aromatic N) is 1. The number of benzene rings is 1. The largest absolute Gasteiger partial charge is 0.478 e. The van der Waals surface area contributed by atoms with E-state index in [4.69, 9.17) is 5.11 Å². The van der Waals surface area contributed by atoms with Crippen molar-refractivity contribution in [1.29, 1.82) is 0 Å². The highest BCUT2D eigenvalue weighted by molar-refractivity contribution is 5.89. The second-order valence-corrected chi connectivity index (χ2v) is 5.39. The highest BCUT2D eigenvalue weighted by atomic mass is 16.4. The van der Waals surface area contributed by atoms with Crippen LogP contribution < -0.4 is 5.32 Å². The van der Waals surface area contributed by atoms with Gasteiger partial charge < -0.3 is 20.4 Å². The summed E-state index contributed by atoms with van der Waals surface area (Å²) in [7, 11) is 1.59. The summed E-state index contributed by atoms with van der Waals surface area (Å²) < 4.78 is 0. The van der Waals surface area contributed by atoms with Crippen LogP contribution in [0, 0.1) is 0 Å². The van der Waals surface area contributed by atoms with Gasteiger partial charge in [-0.05, 0) is 37.6 Å². The number of urea groups is 1. The number of anilines is 1. The number of hydrogen-bond acceptors (Lipinski definition) is 3. The van der Waals surface area contributed by atoms with Gasteiger partial charge in [-0.25, -0.2) is 9.59 Å². The molecule has 0 aliphatic heterocycles. The van der Waals surface area contributed by atoms with Crippen molar-refractivity contribution in [2.45, 2.75) is 19.4 Å². The molecule has 0 aromatic heterocycles. The summed E-state index contributed by atoms with van der Waals surface area (Å²) in [5.41, 5.74) is 0.354. The number of carbonyl (C=O) groups excluding carboxylic acids is 1. The number of likely N-dealkylation sites (N-methyl/N-ethyl adjacent to an activating group) is 1. The summed E-state index contributed by atoms with van der Waals surface area (Å²) in [6.07, 6.45) is 2.51. The van der Waals surface area contributed by atoms with Gasteiger partial charge in [-0.15, -0.1) is 0 Å². The molecule has 0 unspecified atom stereocenters. The molecule has 1 aromatic carbocycles. The van der Waals surface area contributed by atoms with Gasteiger partial charge in [-0.1, -0.05) is 12.1 Å². The number of amides is 2. The summed E-state index contributed by atoms with van der Waals surface area (Å²) in [6.45, 7) is 3.46. The summed E-state index contributed by atoms with van der Waals surface area (Å²) >= 11 is 0. The second kappa shape index (κ2) is 6.90. The first-order valence-corrected chi connectivity index (χ1v) is 6.43. The van der Waals surface area contributed by atoms with Gasteiger partial charge in [-0.2, -0.15) is 0 Å². The monoisotopic (exact) mass is 292 g/mol. The van der Waals surface area contributed by atoms with Crippen molar-refractivity contribution in [3.63, 3.8) is 0 Å². The Labute approximate surface area is 123 Å². The molecule has 0 bridgehead atoms. The molecular weight excluding hydrogens is 272 g/mol. The van der Waals surface area contributed by atoms with Gasteiger partial charge >= 0.3 is 12.0 Å². The molecule has 2 amide bonds. The molecule has 0 aliphatic rings. The van der Waals surface area contributed by atoms with Crippen molar-refractivity contribution in [2.75, 3.05) is 18.9 Å². The number of carboxylic acid groups (broad SMARTS) is 1. The molecule has 0 atom stereocenters. The maximum atomic E-state index is 11.9. The first kappa shape index (κ1) is 16.7. The number of aliphatic carboxylic acids is 1. The highest BCUT2D eigenvalue weighted by Gasteiger charge is 2.19. The van der Waals surface area contributed by atoms with Crippen LogP contribution in [-0.4, -0.2) is 46.3 Å². The van der Waals surface area contributed by atoms with E-state index in [1.807, 2.05) is 0 Å². The van der Waals surface area contributed by atoms with Crippen LogP contribution in [0.25, 0.3) is 6.08 Å². The molecule has 0 saturated heterocycles. The topological polar surface area (TPSA) is 89.9 Å². The van der Waals surface area contributed by atoms with Crippen molar-refractivity contribution in [3.05, 3.63) is 35.9 Å². The minimum absolute atomic E-state index is 0.207. The smallest absolute Gasteiger partial charge is 0.328 e. The van der Waals surface area contributed by atoms with Crippen LogP contribution in [0.2, 0.25) is 0 Å². The van der Waals surface area contributed by atoms with Crippen LogP contribution in [0.3, 0.4) is 0 Å². The molecule has 3 N–H and O–H groups in total. The van der Waals surface area contributed by atoms with Crippen LogP contribution in [0.1, 0.15) is 19.4 Å². The average molecular weight is 292 g/mol. The molecule has 0 saturated carbocycles. The Morgan fingerprint density at radius 3 is 2.33 bits per heavy atom. The number of aliphatic hydroxyl groups is 1. The standard InChI is InChI=1S/C15H20N2O4/c1-15(2,21)10-17(3)14(20)16-12-7-4-11(5-8-12)6-9-13(18)19/h4-9,21H,10H2,1-3H3,(H,16,20)(H,18,19). The molecule has 1 rings (SSSR count). The van der Waals surface area contributed by atoms with Gasteiger partial charge in [0.2, 0.25) is 0 Å². The Morgan fingerprint density at radius 1 is 1.29 bits per heavy atom. The lowest BCUT2D eigenvalue weighted by molar-refractivity contribution is -0.131.